The van der Waals surface area contributed by atoms with Crippen LogP contribution < -0.4 is 0 Å². The van der Waals surface area contributed by atoms with Crippen LogP contribution in [-0.4, -0.2) is 38.4 Å². The summed E-state index contributed by atoms with van der Waals surface area (Å²) >= 11 is 12.3. The average Bonchev–Trinajstić information content (AvgIpc) is 3.43. The molecule has 4 aliphatic carbocycles. The van der Waals surface area contributed by atoms with Crippen LogP contribution in [0.15, 0.2) is 22.4 Å². The lowest BCUT2D eigenvalue weighted by Crippen LogP contribution is -2.58. The zero-order chi connectivity index (χ0) is 29.3. The average molecular weight is 605 g/mol. The largest absolute Gasteiger partial charge is 0.493 e. The van der Waals surface area contributed by atoms with Crippen molar-refractivity contribution in [2.24, 2.45) is 56.6 Å². The van der Waals surface area contributed by atoms with E-state index in [-0.39, 0.29) is 40.5 Å². The third-order valence-electron chi connectivity index (χ3n) is 12.3. The summed E-state index contributed by atoms with van der Waals surface area (Å²) in [5.41, 5.74) is 1.04. The number of azo groups is 1. The van der Waals surface area contributed by atoms with E-state index in [1.54, 1.807) is 12.1 Å². The Labute approximate surface area is 252 Å². The smallest absolute Gasteiger partial charge is 0.264 e. The maximum absolute atomic E-state index is 12.8. The zero-order valence-electron chi connectivity index (χ0n) is 24.2. The molecule has 0 aliphatic heterocycles. The highest BCUT2D eigenvalue weighted by Crippen LogP contribution is 2.68. The number of aliphatic hydroxyl groups excluding tert-OH is 2. The molecule has 1 amide bonds. The molecule has 4 N–H and O–H groups in total. The number of nitrogens with one attached hydrogen (secondary N) is 1. The van der Waals surface area contributed by atoms with Crippen molar-refractivity contribution < 1.29 is 20.1 Å². The van der Waals surface area contributed by atoms with E-state index in [4.69, 9.17) is 23.2 Å². The van der Waals surface area contributed by atoms with Crippen LogP contribution in [0.3, 0.4) is 0 Å². The van der Waals surface area contributed by atoms with E-state index in [9.17, 15) is 20.1 Å². The molecule has 4 fully saturated rings. The van der Waals surface area contributed by atoms with Gasteiger partial charge in [-0.25, -0.2) is 0 Å². The lowest BCUT2D eigenvalue weighted by atomic mass is 9.43. The van der Waals surface area contributed by atoms with Crippen LogP contribution in [0.5, 0.6) is 5.88 Å². The number of benzene rings is 1. The molecule has 2 aromatic rings. The molecule has 41 heavy (non-hydrogen) atoms. The second kappa shape index (κ2) is 10.8. The fraction of sp³-hybridized carbons (Fsp3) is 0.719. The number of halogens is 2. The molecule has 4 aliphatic rings. The van der Waals surface area contributed by atoms with Crippen LogP contribution in [0.4, 0.5) is 5.69 Å². The number of hydrogen-bond acceptors (Lipinski definition) is 5. The fourth-order valence-electron chi connectivity index (χ4n) is 10.2. The molecule has 0 bridgehead atoms. The van der Waals surface area contributed by atoms with Crippen molar-refractivity contribution in [1.29, 1.82) is 0 Å². The van der Waals surface area contributed by atoms with Crippen LogP contribution in [0.1, 0.15) is 85.0 Å². The Morgan fingerprint density at radius 3 is 2.59 bits per heavy atom. The molecule has 9 heteroatoms. The van der Waals surface area contributed by atoms with Gasteiger partial charge in [0.05, 0.1) is 22.7 Å². The van der Waals surface area contributed by atoms with Crippen LogP contribution in [0.2, 0.25) is 10.0 Å². The normalized spacial score (nSPS) is 39.4. The van der Waals surface area contributed by atoms with Crippen LogP contribution >= 0.6 is 23.2 Å². The molecule has 1 aromatic carbocycles. The van der Waals surface area contributed by atoms with Gasteiger partial charge in [0.1, 0.15) is 0 Å². The van der Waals surface area contributed by atoms with Gasteiger partial charge in [-0.1, -0.05) is 44.0 Å². The first kappa shape index (κ1) is 29.4. The Hall–Kier alpha value is -1.67. The van der Waals surface area contributed by atoms with Gasteiger partial charge in [-0.05, 0) is 116 Å². The number of hydrogen-bond donors (Lipinski definition) is 4. The van der Waals surface area contributed by atoms with Crippen LogP contribution in [0.25, 0.3) is 10.9 Å². The Kier molecular flexibility index (Phi) is 7.74. The van der Waals surface area contributed by atoms with Crippen molar-refractivity contribution in [2.45, 2.75) is 97.2 Å². The first-order valence-electron chi connectivity index (χ1n) is 15.4. The fourth-order valence-corrected chi connectivity index (χ4v) is 10.7. The molecule has 0 radical (unpaired) electrons. The predicted octanol–water partition coefficient (Wildman–Crippen LogP) is 8.20. The number of amides is 1. The number of nitrogens with zero attached hydrogens (tertiary/aromatic N) is 2. The van der Waals surface area contributed by atoms with Crippen molar-refractivity contribution in [3.05, 3.63) is 22.2 Å². The number of rotatable bonds is 5. The summed E-state index contributed by atoms with van der Waals surface area (Å²) in [6, 6.07) is 3.20. The molecule has 0 saturated heterocycles. The zero-order valence-corrected chi connectivity index (χ0v) is 25.8. The molecule has 4 saturated carbocycles. The van der Waals surface area contributed by atoms with Gasteiger partial charge in [-0.15, -0.1) is 10.2 Å². The van der Waals surface area contributed by atoms with Crippen molar-refractivity contribution in [3.63, 3.8) is 0 Å². The number of H-pyrrole nitrogens is 1. The lowest BCUT2D eigenvalue weighted by molar-refractivity contribution is -0.174. The highest BCUT2D eigenvalue weighted by Gasteiger charge is 2.62. The number of fused-ring (bicyclic) bond motifs is 6. The number of aromatic nitrogens is 1. The van der Waals surface area contributed by atoms with E-state index in [1.807, 2.05) is 0 Å². The van der Waals surface area contributed by atoms with Crippen molar-refractivity contribution in [2.75, 3.05) is 0 Å². The minimum Gasteiger partial charge on any atom is -0.493 e. The molecular formula is C32H43Cl2N3O4. The number of aliphatic hydroxyl groups is 2. The van der Waals surface area contributed by atoms with E-state index in [1.165, 1.54) is 6.42 Å². The number of aromatic hydroxyl groups is 1. The van der Waals surface area contributed by atoms with E-state index in [0.717, 1.165) is 51.4 Å². The first-order chi connectivity index (χ1) is 19.4. The molecule has 0 unspecified atom stereocenters. The van der Waals surface area contributed by atoms with Gasteiger partial charge < -0.3 is 20.3 Å². The standard InChI is InChI=1S/C32H43Cl2N3O4/c1-16(4-7-26(40)36-37-29-20-14-18(33)15-24(34)28(20)35-30(29)41)21-5-6-22-27-23(9-11-32(21,22)3)31(2)10-8-19(38)12-17(31)13-25(27)39/h14-17,19,21-23,25,27,35,38-39,41H,4-13H2,1-3H3/t16-,17-,19+,21+,22-,23+,25-,27-,31-,32-/m1/s1. The van der Waals surface area contributed by atoms with Gasteiger partial charge in [0.2, 0.25) is 5.88 Å². The molecular weight excluding hydrogens is 561 g/mol. The van der Waals surface area contributed by atoms with Gasteiger partial charge in [-0.3, -0.25) is 4.79 Å². The Bertz CT molecular complexity index is 1360. The summed E-state index contributed by atoms with van der Waals surface area (Å²) in [6.45, 7) is 7.16. The molecule has 224 valence electrons. The third kappa shape index (κ3) is 4.93. The van der Waals surface area contributed by atoms with Crippen molar-refractivity contribution >= 4 is 45.7 Å². The van der Waals surface area contributed by atoms with Crippen LogP contribution in [0, 0.1) is 46.3 Å². The van der Waals surface area contributed by atoms with Gasteiger partial charge in [0.25, 0.3) is 5.91 Å². The second-order valence-electron chi connectivity index (χ2n) is 14.2. The van der Waals surface area contributed by atoms with E-state index < -0.39 is 0 Å². The highest BCUT2D eigenvalue weighted by atomic mass is 35.5. The highest BCUT2D eigenvalue weighted by molar-refractivity contribution is 6.38. The van der Waals surface area contributed by atoms with Gasteiger partial charge in [0, 0.05) is 16.8 Å². The Morgan fingerprint density at radius 1 is 1.07 bits per heavy atom. The Morgan fingerprint density at radius 2 is 1.80 bits per heavy atom. The minimum atomic E-state index is -0.316. The van der Waals surface area contributed by atoms with E-state index >= 15 is 0 Å². The topological polar surface area (TPSA) is 118 Å². The Balaban J connectivity index is 1.11. The summed E-state index contributed by atoms with van der Waals surface area (Å²) in [4.78, 5) is 15.5. The monoisotopic (exact) mass is 603 g/mol. The second-order valence-corrected chi connectivity index (χ2v) is 15.0. The quantitative estimate of drug-likeness (QED) is 0.257. The summed E-state index contributed by atoms with van der Waals surface area (Å²) in [6.07, 6.45) is 8.76. The molecule has 10 atom stereocenters. The summed E-state index contributed by atoms with van der Waals surface area (Å²) < 4.78 is 0. The van der Waals surface area contributed by atoms with E-state index in [0.29, 0.717) is 62.9 Å². The maximum atomic E-state index is 12.8. The number of carbonyl (C=O) groups excluding carboxylic acids is 1. The van der Waals surface area contributed by atoms with Gasteiger partial charge in [0.15, 0.2) is 5.69 Å². The maximum Gasteiger partial charge on any atom is 0.264 e. The van der Waals surface area contributed by atoms with Gasteiger partial charge in [-0.2, -0.15) is 0 Å². The third-order valence-corrected chi connectivity index (χ3v) is 12.8. The van der Waals surface area contributed by atoms with Crippen molar-refractivity contribution in [3.8, 4) is 5.88 Å². The number of carbonyl (C=O) groups is 1. The molecule has 1 aromatic heterocycles. The van der Waals surface area contributed by atoms with Gasteiger partial charge >= 0.3 is 0 Å². The summed E-state index contributed by atoms with van der Waals surface area (Å²) in [7, 11) is 0. The first-order valence-corrected chi connectivity index (χ1v) is 16.2. The summed E-state index contributed by atoms with van der Waals surface area (Å²) in [5, 5.41) is 41.4. The SMILES string of the molecule is C[C@H](CCC(=O)N=Nc1c(O)[nH]c2c(Cl)cc(Cl)cc12)[C@@H]1CC[C@@H]2[C@H]3[C@H](O)C[C@H]4C[C@@H](O)CC[C@@]4(C)[C@H]3CC[C@@]21C. The molecule has 7 nitrogen and oxygen atoms in total. The number of aromatic amines is 1. The molecule has 0 spiro atoms. The van der Waals surface area contributed by atoms with E-state index in [2.05, 4.69) is 36.0 Å². The molecule has 6 rings (SSSR count). The van der Waals surface area contributed by atoms with Crippen molar-refractivity contribution in [1.82, 2.24) is 4.98 Å². The predicted molar refractivity (Wildman–Crippen MR) is 161 cm³/mol. The molecule has 1 heterocycles. The summed E-state index contributed by atoms with van der Waals surface area (Å²) in [5.74, 6) is 2.13. The minimum absolute atomic E-state index is 0.156. The lowest BCUT2D eigenvalue weighted by Gasteiger charge is -2.62. The van der Waals surface area contributed by atoms with Crippen LogP contribution in [-0.2, 0) is 4.79 Å².